The van der Waals surface area contributed by atoms with Crippen LogP contribution in [0.4, 0.5) is 14.5 Å². The molecule has 0 aromatic heterocycles. The predicted octanol–water partition coefficient (Wildman–Crippen LogP) is 5.86. The van der Waals surface area contributed by atoms with Crippen LogP contribution in [0.1, 0.15) is 56.3 Å². The third-order valence-electron chi connectivity index (χ3n) is 4.41. The number of benzene rings is 2. The second-order valence-electron chi connectivity index (χ2n) is 7.34. The molecule has 0 saturated heterocycles. The molecular formula is C24H31ClF2N2O3S. The standard InChI is InChI=1S/C13H8ClF2NOS.C9H17NO.C2H6O/c14-9-3-1-7(5-12(9)19)13(18)17-8-2-4-10(15)11(16)6-8;1-2-3-4-7-10-9(11)8-5-6-8;1-2-3/h1-6,19H,(H,17,18);8H,2-7H2,1H3,(H,10,11);3H,2H2,1H3. The van der Waals surface area contributed by atoms with Crippen molar-refractivity contribution in [2.24, 2.45) is 5.92 Å². The molecule has 3 N–H and O–H groups in total. The molecule has 0 atom stereocenters. The number of hydrogen-bond donors (Lipinski definition) is 4. The van der Waals surface area contributed by atoms with Crippen LogP contribution in [0, 0.1) is 17.6 Å². The second kappa shape index (κ2) is 15.6. The summed E-state index contributed by atoms with van der Waals surface area (Å²) in [5, 5.41) is 13.4. The van der Waals surface area contributed by atoms with E-state index in [0.29, 0.717) is 21.4 Å². The Morgan fingerprint density at radius 2 is 1.76 bits per heavy atom. The van der Waals surface area contributed by atoms with Crippen LogP contribution < -0.4 is 10.6 Å². The number of amides is 2. The molecule has 0 radical (unpaired) electrons. The number of halogens is 3. The molecule has 33 heavy (non-hydrogen) atoms. The van der Waals surface area contributed by atoms with E-state index in [1.807, 2.05) is 0 Å². The number of aliphatic hydroxyl groups excluding tert-OH is 1. The van der Waals surface area contributed by atoms with Gasteiger partial charge in [0.05, 0.1) is 5.02 Å². The van der Waals surface area contributed by atoms with E-state index in [-0.39, 0.29) is 18.2 Å². The van der Waals surface area contributed by atoms with Gasteiger partial charge in [-0.2, -0.15) is 0 Å². The maximum atomic E-state index is 13.0. The fraction of sp³-hybridized carbons (Fsp3) is 0.417. The Labute approximate surface area is 204 Å². The van der Waals surface area contributed by atoms with Crippen molar-refractivity contribution >= 4 is 41.7 Å². The largest absolute Gasteiger partial charge is 0.397 e. The van der Waals surface area contributed by atoms with Crippen LogP contribution >= 0.6 is 24.2 Å². The van der Waals surface area contributed by atoms with Crippen molar-refractivity contribution in [3.05, 3.63) is 58.6 Å². The minimum Gasteiger partial charge on any atom is -0.397 e. The van der Waals surface area contributed by atoms with Crippen molar-refractivity contribution in [1.29, 1.82) is 0 Å². The molecule has 1 aliphatic carbocycles. The van der Waals surface area contributed by atoms with E-state index < -0.39 is 17.5 Å². The number of rotatable bonds is 7. The van der Waals surface area contributed by atoms with Crippen LogP contribution in [-0.2, 0) is 4.79 Å². The van der Waals surface area contributed by atoms with Crippen LogP contribution in [0.2, 0.25) is 5.02 Å². The summed E-state index contributed by atoms with van der Waals surface area (Å²) in [6.07, 6.45) is 5.80. The number of aliphatic hydroxyl groups is 1. The van der Waals surface area contributed by atoms with Crippen molar-refractivity contribution in [3.8, 4) is 0 Å². The smallest absolute Gasteiger partial charge is 0.255 e. The Balaban J connectivity index is 0.000000329. The van der Waals surface area contributed by atoms with E-state index in [4.69, 9.17) is 16.7 Å². The highest BCUT2D eigenvalue weighted by atomic mass is 35.5. The number of nitrogens with one attached hydrogen (secondary N) is 2. The van der Waals surface area contributed by atoms with E-state index in [1.165, 1.54) is 37.1 Å². The van der Waals surface area contributed by atoms with Crippen molar-refractivity contribution in [1.82, 2.24) is 5.32 Å². The average molecular weight is 501 g/mol. The third-order valence-corrected chi connectivity index (χ3v) is 5.24. The van der Waals surface area contributed by atoms with Crippen LogP contribution in [0.5, 0.6) is 0 Å². The molecular weight excluding hydrogens is 470 g/mol. The fourth-order valence-corrected chi connectivity index (χ4v) is 2.84. The number of carbonyl (C=O) groups is 2. The van der Waals surface area contributed by atoms with Crippen molar-refractivity contribution < 1.29 is 23.5 Å². The van der Waals surface area contributed by atoms with Crippen LogP contribution in [0.3, 0.4) is 0 Å². The number of anilines is 1. The first kappa shape index (κ1) is 28.9. The van der Waals surface area contributed by atoms with E-state index in [0.717, 1.165) is 37.9 Å². The highest BCUT2D eigenvalue weighted by molar-refractivity contribution is 7.80. The summed E-state index contributed by atoms with van der Waals surface area (Å²) in [7, 11) is 0. The van der Waals surface area contributed by atoms with Gasteiger partial charge in [-0.15, -0.1) is 12.6 Å². The number of hydrogen-bond acceptors (Lipinski definition) is 4. The van der Waals surface area contributed by atoms with Gasteiger partial charge in [-0.1, -0.05) is 31.4 Å². The summed E-state index contributed by atoms with van der Waals surface area (Å²) < 4.78 is 25.7. The van der Waals surface area contributed by atoms with Crippen molar-refractivity contribution in [2.45, 2.75) is 50.8 Å². The summed E-state index contributed by atoms with van der Waals surface area (Å²) in [5.41, 5.74) is 0.485. The maximum Gasteiger partial charge on any atom is 0.255 e. The predicted molar refractivity (Wildman–Crippen MR) is 131 cm³/mol. The van der Waals surface area contributed by atoms with Gasteiger partial charge in [0, 0.05) is 41.3 Å². The summed E-state index contributed by atoms with van der Waals surface area (Å²) in [6.45, 7) is 4.98. The fourth-order valence-electron chi connectivity index (χ4n) is 2.51. The minimum atomic E-state index is -1.02. The zero-order chi connectivity index (χ0) is 24.8. The second-order valence-corrected chi connectivity index (χ2v) is 8.23. The van der Waals surface area contributed by atoms with E-state index >= 15 is 0 Å². The summed E-state index contributed by atoms with van der Waals surface area (Å²) in [6, 6.07) is 7.65. The topological polar surface area (TPSA) is 78.4 Å². The SMILES string of the molecule is CCCCCNC(=O)C1CC1.CCO.O=C(Nc1ccc(F)c(F)c1)c1ccc(Cl)c(S)c1. The highest BCUT2D eigenvalue weighted by Crippen LogP contribution is 2.28. The Bertz CT molecular complexity index is 911. The van der Waals surface area contributed by atoms with Gasteiger partial charge in [0.2, 0.25) is 5.91 Å². The molecule has 3 rings (SSSR count). The van der Waals surface area contributed by atoms with Gasteiger partial charge in [0.15, 0.2) is 11.6 Å². The van der Waals surface area contributed by atoms with Gasteiger partial charge in [0.25, 0.3) is 5.91 Å². The molecule has 5 nitrogen and oxygen atoms in total. The highest BCUT2D eigenvalue weighted by Gasteiger charge is 2.28. The van der Waals surface area contributed by atoms with Gasteiger partial charge < -0.3 is 15.7 Å². The molecule has 2 amide bonds. The molecule has 2 aromatic carbocycles. The normalized spacial score (nSPS) is 12.0. The van der Waals surface area contributed by atoms with Gasteiger partial charge in [-0.3, -0.25) is 9.59 Å². The van der Waals surface area contributed by atoms with Gasteiger partial charge in [-0.25, -0.2) is 8.78 Å². The Hall–Kier alpha value is -2.16. The summed E-state index contributed by atoms with van der Waals surface area (Å²) >= 11 is 9.88. The van der Waals surface area contributed by atoms with Crippen LogP contribution in [0.25, 0.3) is 0 Å². The lowest BCUT2D eigenvalue weighted by Gasteiger charge is -2.06. The number of thiol groups is 1. The molecule has 0 heterocycles. The van der Waals surface area contributed by atoms with Gasteiger partial charge >= 0.3 is 0 Å². The lowest BCUT2D eigenvalue weighted by molar-refractivity contribution is -0.122. The summed E-state index contributed by atoms with van der Waals surface area (Å²) in [5.74, 6) is -1.80. The number of carbonyl (C=O) groups excluding carboxylic acids is 2. The minimum absolute atomic E-state index is 0.166. The molecule has 0 bridgehead atoms. The van der Waals surface area contributed by atoms with Gasteiger partial charge in [0.1, 0.15) is 0 Å². The van der Waals surface area contributed by atoms with Crippen molar-refractivity contribution in [2.75, 3.05) is 18.5 Å². The monoisotopic (exact) mass is 500 g/mol. The quantitative estimate of drug-likeness (QED) is 0.284. The van der Waals surface area contributed by atoms with E-state index in [1.54, 1.807) is 6.92 Å². The summed E-state index contributed by atoms with van der Waals surface area (Å²) in [4.78, 5) is 23.4. The number of unbranched alkanes of at least 4 members (excludes halogenated alkanes) is 2. The van der Waals surface area contributed by atoms with Gasteiger partial charge in [-0.05, 0) is 56.5 Å². The molecule has 1 aliphatic rings. The Kier molecular flexibility index (Phi) is 13.7. The maximum absolute atomic E-state index is 13.0. The molecule has 9 heteroatoms. The average Bonchev–Trinajstić information content (AvgIpc) is 3.62. The Morgan fingerprint density at radius 3 is 2.30 bits per heavy atom. The van der Waals surface area contributed by atoms with E-state index in [9.17, 15) is 18.4 Å². The third kappa shape index (κ3) is 11.5. The molecule has 0 unspecified atom stereocenters. The molecule has 1 fully saturated rings. The first-order valence-electron chi connectivity index (χ1n) is 10.9. The molecule has 2 aromatic rings. The lowest BCUT2D eigenvalue weighted by Crippen LogP contribution is -2.25. The Morgan fingerprint density at radius 1 is 1.09 bits per heavy atom. The zero-order valence-electron chi connectivity index (χ0n) is 18.8. The molecule has 1 saturated carbocycles. The lowest BCUT2D eigenvalue weighted by atomic mass is 10.2. The van der Waals surface area contributed by atoms with E-state index in [2.05, 4.69) is 30.2 Å². The van der Waals surface area contributed by atoms with Crippen LogP contribution in [-0.4, -0.2) is 30.1 Å². The first-order valence-corrected chi connectivity index (χ1v) is 11.7. The molecule has 0 aliphatic heterocycles. The zero-order valence-corrected chi connectivity index (χ0v) is 20.5. The van der Waals surface area contributed by atoms with Crippen molar-refractivity contribution in [3.63, 3.8) is 0 Å². The van der Waals surface area contributed by atoms with Crippen LogP contribution in [0.15, 0.2) is 41.3 Å². The first-order chi connectivity index (χ1) is 15.7. The molecule has 182 valence electrons. The molecule has 0 spiro atoms.